The Morgan fingerprint density at radius 3 is 2.79 bits per heavy atom. The van der Waals surface area contributed by atoms with E-state index in [0.717, 1.165) is 59.4 Å². The minimum absolute atomic E-state index is 0. The number of guanidine groups is 1. The number of rotatable bonds is 8. The second-order valence-electron chi connectivity index (χ2n) is 6.43. The largest absolute Gasteiger partial charge is 0.356 e. The molecule has 2 aromatic heterocycles. The summed E-state index contributed by atoms with van der Waals surface area (Å²) in [7, 11) is 1.77. The fraction of sp³-hybridized carbons (Fsp3) is 0.400. The van der Waals surface area contributed by atoms with E-state index in [4.69, 9.17) is 4.52 Å². The van der Waals surface area contributed by atoms with Gasteiger partial charge in [-0.3, -0.25) is 4.99 Å². The van der Waals surface area contributed by atoms with Crippen LogP contribution in [0.1, 0.15) is 35.4 Å². The molecular formula is C20H27IN6OS. The van der Waals surface area contributed by atoms with Gasteiger partial charge in [0.25, 0.3) is 5.89 Å². The topological polar surface area (TPSA) is 88.2 Å². The molecule has 3 aromatic rings. The van der Waals surface area contributed by atoms with Gasteiger partial charge < -0.3 is 15.2 Å². The third-order valence-electron chi connectivity index (χ3n) is 4.14. The van der Waals surface area contributed by atoms with Crippen molar-refractivity contribution in [1.29, 1.82) is 0 Å². The van der Waals surface area contributed by atoms with E-state index in [0.29, 0.717) is 12.4 Å². The lowest BCUT2D eigenvalue weighted by molar-refractivity contribution is 0.422. The molecule has 0 amide bonds. The Morgan fingerprint density at radius 1 is 1.21 bits per heavy atom. The van der Waals surface area contributed by atoms with Crippen LogP contribution in [0.15, 0.2) is 39.2 Å². The number of halogens is 1. The summed E-state index contributed by atoms with van der Waals surface area (Å²) in [5.74, 6) is 2.08. The normalized spacial score (nSPS) is 11.2. The number of benzene rings is 1. The SMILES string of the molecule is CCCc1noc(-c2cccc(CNC(=NC)NCCc3csc(C)n3)c2)n1.I. The van der Waals surface area contributed by atoms with Crippen LogP contribution >= 0.6 is 35.3 Å². The summed E-state index contributed by atoms with van der Waals surface area (Å²) in [6.07, 6.45) is 2.70. The lowest BCUT2D eigenvalue weighted by Crippen LogP contribution is -2.37. The quantitative estimate of drug-likeness (QED) is 0.262. The lowest BCUT2D eigenvalue weighted by atomic mass is 10.1. The first-order chi connectivity index (χ1) is 13.7. The Bertz CT molecular complexity index is 923. The van der Waals surface area contributed by atoms with Crippen molar-refractivity contribution in [3.63, 3.8) is 0 Å². The van der Waals surface area contributed by atoms with Gasteiger partial charge in [-0.25, -0.2) is 4.98 Å². The van der Waals surface area contributed by atoms with Gasteiger partial charge in [-0.05, 0) is 31.0 Å². The van der Waals surface area contributed by atoms with Gasteiger partial charge in [0.2, 0.25) is 0 Å². The van der Waals surface area contributed by atoms with Crippen molar-refractivity contribution >= 4 is 41.3 Å². The number of hydrogen-bond acceptors (Lipinski definition) is 6. The van der Waals surface area contributed by atoms with E-state index in [1.165, 1.54) is 0 Å². The molecule has 0 saturated carbocycles. The molecule has 2 heterocycles. The average molecular weight is 526 g/mol. The molecule has 0 unspecified atom stereocenters. The molecule has 0 spiro atoms. The van der Waals surface area contributed by atoms with Gasteiger partial charge in [0.1, 0.15) is 0 Å². The third-order valence-corrected chi connectivity index (χ3v) is 4.96. The molecule has 3 rings (SSSR count). The smallest absolute Gasteiger partial charge is 0.257 e. The van der Waals surface area contributed by atoms with Gasteiger partial charge in [0.15, 0.2) is 11.8 Å². The molecule has 0 saturated heterocycles. The lowest BCUT2D eigenvalue weighted by Gasteiger charge is -2.11. The number of nitrogens with zero attached hydrogens (tertiary/aromatic N) is 4. The zero-order valence-electron chi connectivity index (χ0n) is 16.9. The van der Waals surface area contributed by atoms with Crippen LogP contribution in [0.2, 0.25) is 0 Å². The van der Waals surface area contributed by atoms with Crippen LogP contribution in [0.4, 0.5) is 0 Å². The Labute approximate surface area is 192 Å². The molecule has 29 heavy (non-hydrogen) atoms. The number of nitrogens with one attached hydrogen (secondary N) is 2. The average Bonchev–Trinajstić information content (AvgIpc) is 3.34. The van der Waals surface area contributed by atoms with Crippen molar-refractivity contribution in [2.45, 2.75) is 39.7 Å². The molecule has 0 aliphatic carbocycles. The molecule has 0 fully saturated rings. The Hall–Kier alpha value is -2.01. The highest BCUT2D eigenvalue weighted by atomic mass is 127. The minimum atomic E-state index is 0. The van der Waals surface area contributed by atoms with Crippen LogP contribution < -0.4 is 10.6 Å². The van der Waals surface area contributed by atoms with Gasteiger partial charge in [0, 0.05) is 43.9 Å². The number of aliphatic imine (C=N–C) groups is 1. The van der Waals surface area contributed by atoms with Crippen LogP contribution in [0.5, 0.6) is 0 Å². The molecular weight excluding hydrogens is 499 g/mol. The molecule has 1 aromatic carbocycles. The maximum atomic E-state index is 5.38. The Kier molecular flexibility index (Phi) is 9.52. The molecule has 0 atom stereocenters. The van der Waals surface area contributed by atoms with Crippen molar-refractivity contribution in [2.24, 2.45) is 4.99 Å². The molecule has 0 aliphatic rings. The highest BCUT2D eigenvalue weighted by Crippen LogP contribution is 2.19. The van der Waals surface area contributed by atoms with E-state index in [9.17, 15) is 0 Å². The number of aromatic nitrogens is 3. The van der Waals surface area contributed by atoms with E-state index in [2.05, 4.69) is 55.2 Å². The molecule has 156 valence electrons. The number of aryl methyl sites for hydroxylation is 2. The monoisotopic (exact) mass is 526 g/mol. The summed E-state index contributed by atoms with van der Waals surface area (Å²) in [5, 5.41) is 13.9. The first-order valence-corrected chi connectivity index (χ1v) is 10.3. The first kappa shape index (κ1) is 23.3. The zero-order valence-corrected chi connectivity index (χ0v) is 20.1. The van der Waals surface area contributed by atoms with E-state index in [-0.39, 0.29) is 24.0 Å². The summed E-state index contributed by atoms with van der Waals surface area (Å²) in [4.78, 5) is 13.2. The zero-order chi connectivity index (χ0) is 19.8. The molecule has 9 heteroatoms. The van der Waals surface area contributed by atoms with Crippen molar-refractivity contribution < 1.29 is 4.52 Å². The summed E-state index contributed by atoms with van der Waals surface area (Å²) in [5.41, 5.74) is 3.15. The summed E-state index contributed by atoms with van der Waals surface area (Å²) >= 11 is 1.68. The summed E-state index contributed by atoms with van der Waals surface area (Å²) in [6, 6.07) is 8.10. The van der Waals surface area contributed by atoms with Gasteiger partial charge in [-0.2, -0.15) is 4.98 Å². The first-order valence-electron chi connectivity index (χ1n) is 9.45. The maximum Gasteiger partial charge on any atom is 0.257 e. The highest BCUT2D eigenvalue weighted by Gasteiger charge is 2.09. The van der Waals surface area contributed by atoms with Gasteiger partial charge >= 0.3 is 0 Å². The minimum Gasteiger partial charge on any atom is -0.356 e. The fourth-order valence-electron chi connectivity index (χ4n) is 2.75. The predicted molar refractivity (Wildman–Crippen MR) is 128 cm³/mol. The van der Waals surface area contributed by atoms with Crippen molar-refractivity contribution in [3.05, 3.63) is 51.7 Å². The predicted octanol–water partition coefficient (Wildman–Crippen LogP) is 3.98. The van der Waals surface area contributed by atoms with Crippen molar-refractivity contribution in [1.82, 2.24) is 25.8 Å². The number of thiazole rings is 1. The second kappa shape index (κ2) is 11.9. The van der Waals surface area contributed by atoms with E-state index < -0.39 is 0 Å². The molecule has 0 bridgehead atoms. The van der Waals surface area contributed by atoms with Crippen LogP contribution in [0.3, 0.4) is 0 Å². The van der Waals surface area contributed by atoms with Crippen LogP contribution in [0.25, 0.3) is 11.5 Å². The summed E-state index contributed by atoms with van der Waals surface area (Å²) < 4.78 is 5.38. The van der Waals surface area contributed by atoms with Crippen molar-refractivity contribution in [2.75, 3.05) is 13.6 Å². The van der Waals surface area contributed by atoms with Crippen LogP contribution in [-0.2, 0) is 19.4 Å². The maximum absolute atomic E-state index is 5.38. The molecule has 7 nitrogen and oxygen atoms in total. The highest BCUT2D eigenvalue weighted by molar-refractivity contribution is 14.0. The van der Waals surface area contributed by atoms with Gasteiger partial charge in [-0.15, -0.1) is 35.3 Å². The van der Waals surface area contributed by atoms with Gasteiger partial charge in [0.05, 0.1) is 10.7 Å². The number of hydrogen-bond donors (Lipinski definition) is 2. The standard InChI is InChI=1S/C20H26N6OS.HI/c1-4-6-18-25-19(27-26-18)16-8-5-7-15(11-16)12-23-20(21-3)22-10-9-17-13-28-14(2)24-17;/h5,7-8,11,13H,4,6,9-10,12H2,1-3H3,(H2,21,22,23);1H. The van der Waals surface area contributed by atoms with Gasteiger partial charge in [-0.1, -0.05) is 24.2 Å². The molecule has 0 radical (unpaired) electrons. The van der Waals surface area contributed by atoms with Crippen LogP contribution in [-0.4, -0.2) is 34.7 Å². The Balaban J connectivity index is 0.00000300. The molecule has 0 aliphatic heterocycles. The molecule has 2 N–H and O–H groups in total. The van der Waals surface area contributed by atoms with Crippen LogP contribution in [0, 0.1) is 6.92 Å². The summed E-state index contributed by atoms with van der Waals surface area (Å²) in [6.45, 7) is 5.56. The fourth-order valence-corrected chi connectivity index (χ4v) is 3.40. The second-order valence-corrected chi connectivity index (χ2v) is 7.49. The Morgan fingerprint density at radius 2 is 2.07 bits per heavy atom. The third kappa shape index (κ3) is 7.07. The van der Waals surface area contributed by atoms with E-state index >= 15 is 0 Å². The van der Waals surface area contributed by atoms with Crippen molar-refractivity contribution in [3.8, 4) is 11.5 Å². The van der Waals surface area contributed by atoms with E-state index in [1.807, 2.05) is 19.1 Å². The van der Waals surface area contributed by atoms with E-state index in [1.54, 1.807) is 18.4 Å².